The molecule has 5 aliphatic rings. The molecule has 13 nitrogen and oxygen atoms in total. The first-order valence-corrected chi connectivity index (χ1v) is 22.5. The highest BCUT2D eigenvalue weighted by Crippen LogP contribution is 2.62. The average Bonchev–Trinajstić information content (AvgIpc) is 3.84. The van der Waals surface area contributed by atoms with Crippen molar-refractivity contribution in [3.05, 3.63) is 38.7 Å². The number of aliphatic hydroxyl groups is 1. The van der Waals surface area contributed by atoms with Crippen molar-refractivity contribution >= 4 is 33.1 Å². The minimum absolute atomic E-state index is 0.0421. The molecule has 3 fully saturated rings. The second-order valence-corrected chi connectivity index (χ2v) is 19.4. The minimum atomic E-state index is -3.40. The number of aliphatic hydroxyl groups excluding tert-OH is 1. The Labute approximate surface area is 330 Å². The molecule has 1 saturated carbocycles. The van der Waals surface area contributed by atoms with Crippen molar-refractivity contribution < 1.29 is 51.5 Å². The maximum absolute atomic E-state index is 14.9. The smallest absolute Gasteiger partial charge is 0.306 e. The number of Topliss-reactive ketones (excluding diaryl/α,β-unsaturated/α-hetero) is 1. The molecule has 2 saturated heterocycles. The number of aromatic nitrogens is 1. The molecule has 1 N–H and O–H groups in total. The molecule has 0 bridgehead atoms. The predicted octanol–water partition coefficient (Wildman–Crippen LogP) is 5.71. The Hall–Kier alpha value is -2.40. The summed E-state index contributed by atoms with van der Waals surface area (Å²) in [5, 5.41) is 12.0. The summed E-state index contributed by atoms with van der Waals surface area (Å²) < 4.78 is 62.0. The van der Waals surface area contributed by atoms with Crippen molar-refractivity contribution in [3.63, 3.8) is 0 Å². The standard InChI is InChI=1S/C40H60N2O11S2/c1-10-24-12-11-13-32(53-34-15-14-31(21(3)50-34)42(6)55(9,46)47)20(2)37(44)29-18-27-26-16-25(52-40(45)38(49-8)22(4)48-7)17-30(26)39-36(41-23(5)54-39)35(27)28(29)19-33(43)51-24/h18,20-21,24-28,30-32,34-35,40,45H,10-17,19H2,1-9H3/b38-22+/t20-,21?,24+,25+,26+,27+,28-,30-,31+,32+,34+,35-,40+/m1/s1. The molecule has 1 aromatic rings. The lowest BCUT2D eigenvalue weighted by atomic mass is 9.67. The van der Waals surface area contributed by atoms with Crippen LogP contribution in [0.15, 0.2) is 23.2 Å². The van der Waals surface area contributed by atoms with Gasteiger partial charge in [-0.1, -0.05) is 19.9 Å². The lowest BCUT2D eigenvalue weighted by molar-refractivity contribution is -0.229. The van der Waals surface area contributed by atoms with Crippen molar-refractivity contribution in [2.75, 3.05) is 27.5 Å². The van der Waals surface area contributed by atoms with Crippen LogP contribution in [0.25, 0.3) is 0 Å². The number of cyclic esters (lactones) is 1. The molecule has 1 aromatic heterocycles. The van der Waals surface area contributed by atoms with E-state index in [1.807, 2.05) is 27.7 Å². The molecule has 3 aliphatic carbocycles. The number of allylic oxidation sites excluding steroid dienone is 3. The van der Waals surface area contributed by atoms with Gasteiger partial charge in [-0.3, -0.25) is 9.59 Å². The highest BCUT2D eigenvalue weighted by atomic mass is 32.2. The van der Waals surface area contributed by atoms with Crippen LogP contribution >= 0.6 is 11.3 Å². The Morgan fingerprint density at radius 1 is 1.11 bits per heavy atom. The van der Waals surface area contributed by atoms with Crippen LogP contribution < -0.4 is 0 Å². The van der Waals surface area contributed by atoms with Gasteiger partial charge < -0.3 is 33.5 Å². The van der Waals surface area contributed by atoms with Gasteiger partial charge in [0.2, 0.25) is 16.3 Å². The van der Waals surface area contributed by atoms with Gasteiger partial charge in [-0.05, 0) is 83.1 Å². The fourth-order valence-corrected chi connectivity index (χ4v) is 11.8. The molecule has 2 aliphatic heterocycles. The second kappa shape index (κ2) is 17.2. The third-order valence-electron chi connectivity index (χ3n) is 12.9. The first kappa shape index (κ1) is 42.2. The molecular weight excluding hydrogens is 749 g/mol. The van der Waals surface area contributed by atoms with Crippen LogP contribution in [-0.2, 0) is 48.0 Å². The molecular formula is C40H60N2O11S2. The Bertz CT molecular complexity index is 1740. The Morgan fingerprint density at radius 3 is 2.51 bits per heavy atom. The first-order chi connectivity index (χ1) is 26.1. The Kier molecular flexibility index (Phi) is 13.2. The minimum Gasteiger partial charge on any atom is -0.498 e. The van der Waals surface area contributed by atoms with E-state index >= 15 is 0 Å². The average molecular weight is 809 g/mol. The summed E-state index contributed by atoms with van der Waals surface area (Å²) in [7, 11) is 1.17. The second-order valence-electron chi connectivity index (χ2n) is 16.2. The van der Waals surface area contributed by atoms with Crippen LogP contribution in [0, 0.1) is 30.6 Å². The van der Waals surface area contributed by atoms with E-state index in [0.717, 1.165) is 10.7 Å². The molecule has 13 atom stereocenters. The lowest BCUT2D eigenvalue weighted by Crippen LogP contribution is -2.50. The van der Waals surface area contributed by atoms with Gasteiger partial charge in [0.15, 0.2) is 17.8 Å². The topological polar surface area (TPSA) is 160 Å². The maximum atomic E-state index is 14.9. The van der Waals surface area contributed by atoms with Crippen LogP contribution in [0.5, 0.6) is 0 Å². The summed E-state index contributed by atoms with van der Waals surface area (Å²) in [6, 6.07) is -0.308. The number of sulfonamides is 1. The highest BCUT2D eigenvalue weighted by Gasteiger charge is 2.56. The number of aryl methyl sites for hydroxylation is 1. The highest BCUT2D eigenvalue weighted by molar-refractivity contribution is 7.88. The van der Waals surface area contributed by atoms with Crippen molar-refractivity contribution in [3.8, 4) is 0 Å². The molecule has 6 rings (SSSR count). The van der Waals surface area contributed by atoms with Gasteiger partial charge in [-0.2, -0.15) is 4.31 Å². The van der Waals surface area contributed by atoms with Crippen LogP contribution in [0.1, 0.15) is 113 Å². The zero-order chi connectivity index (χ0) is 39.9. The van der Waals surface area contributed by atoms with Gasteiger partial charge in [-0.25, -0.2) is 13.4 Å². The maximum Gasteiger partial charge on any atom is 0.306 e. The number of thiazole rings is 1. The number of likely N-dealkylation sites (N-methyl/N-ethyl adjacent to an activating group) is 1. The SMILES string of the molecule is CC[C@H]1CCC[C@H](O[C@H]2CC[C@H](N(C)S(C)(=O)=O)C(C)O2)[C@@H](C)C(=O)C2=C[C@H]3[C@@H]4C[C@H](O[C@H](O)/C(OC)=C(/C)OC)C[C@H]4c4sc(C)nc4[C@H]3[C@@H]2CC(=O)O1. The van der Waals surface area contributed by atoms with Crippen molar-refractivity contribution in [1.82, 2.24) is 9.29 Å². The van der Waals surface area contributed by atoms with E-state index < -0.39 is 46.6 Å². The number of fused-ring (bicyclic) bond motifs is 8. The van der Waals surface area contributed by atoms with Gasteiger partial charge in [0.05, 0.1) is 62.0 Å². The number of hydrogen-bond donors (Lipinski definition) is 1. The quantitative estimate of drug-likeness (QED) is 0.175. The molecule has 0 spiro atoms. The largest absolute Gasteiger partial charge is 0.498 e. The third kappa shape index (κ3) is 8.73. The number of carbonyl (C=O) groups is 2. The molecule has 308 valence electrons. The van der Waals surface area contributed by atoms with Crippen LogP contribution in [-0.4, -0.2) is 105 Å². The van der Waals surface area contributed by atoms with E-state index in [-0.39, 0.29) is 65.9 Å². The van der Waals surface area contributed by atoms with E-state index in [2.05, 4.69) is 6.08 Å². The predicted molar refractivity (Wildman–Crippen MR) is 205 cm³/mol. The summed E-state index contributed by atoms with van der Waals surface area (Å²) in [6.07, 6.45) is 5.15. The van der Waals surface area contributed by atoms with Crippen LogP contribution in [0.3, 0.4) is 0 Å². The van der Waals surface area contributed by atoms with Gasteiger partial charge in [0.1, 0.15) is 11.9 Å². The number of carbonyl (C=O) groups excluding carboxylic acids is 2. The molecule has 1 unspecified atom stereocenters. The fraction of sp³-hybridized carbons (Fsp3) is 0.775. The zero-order valence-corrected chi connectivity index (χ0v) is 35.3. The van der Waals surface area contributed by atoms with Crippen molar-refractivity contribution in [1.29, 1.82) is 0 Å². The number of ether oxygens (including phenoxy) is 6. The molecule has 55 heavy (non-hydrogen) atoms. The normalized spacial score (nSPS) is 36.6. The molecule has 3 heterocycles. The van der Waals surface area contributed by atoms with Crippen LogP contribution in [0.4, 0.5) is 0 Å². The summed E-state index contributed by atoms with van der Waals surface area (Å²) in [4.78, 5) is 34.8. The van der Waals surface area contributed by atoms with Gasteiger partial charge in [0, 0.05) is 42.0 Å². The Morgan fingerprint density at radius 2 is 1.85 bits per heavy atom. The number of hydrogen-bond acceptors (Lipinski definition) is 13. The molecule has 0 radical (unpaired) electrons. The lowest BCUT2D eigenvalue weighted by Gasteiger charge is -2.40. The first-order valence-electron chi connectivity index (χ1n) is 19.8. The summed E-state index contributed by atoms with van der Waals surface area (Å²) in [5.74, 6) is -0.643. The number of ketones is 1. The number of nitrogens with zero attached hydrogens (tertiary/aromatic N) is 2. The van der Waals surface area contributed by atoms with Crippen LogP contribution in [0.2, 0.25) is 0 Å². The monoisotopic (exact) mass is 808 g/mol. The summed E-state index contributed by atoms with van der Waals surface area (Å²) >= 11 is 1.67. The van der Waals surface area contributed by atoms with E-state index in [1.54, 1.807) is 25.3 Å². The Balaban J connectivity index is 1.29. The van der Waals surface area contributed by atoms with Gasteiger partial charge >= 0.3 is 5.97 Å². The number of esters is 1. The van der Waals surface area contributed by atoms with Crippen molar-refractivity contribution in [2.24, 2.45) is 23.7 Å². The van der Waals surface area contributed by atoms with E-state index in [0.29, 0.717) is 62.7 Å². The third-order valence-corrected chi connectivity index (χ3v) is 15.3. The fourth-order valence-electron chi connectivity index (χ4n) is 9.88. The molecule has 15 heteroatoms. The molecule has 0 amide bonds. The van der Waals surface area contributed by atoms with Gasteiger partial charge in [-0.15, -0.1) is 11.3 Å². The number of rotatable bonds is 10. The molecule has 0 aromatic carbocycles. The zero-order valence-electron chi connectivity index (χ0n) is 33.7. The number of methoxy groups -OCH3 is 2. The van der Waals surface area contributed by atoms with Gasteiger partial charge in [0.25, 0.3) is 0 Å². The van der Waals surface area contributed by atoms with E-state index in [4.69, 9.17) is 33.4 Å². The van der Waals surface area contributed by atoms with E-state index in [9.17, 15) is 23.1 Å². The summed E-state index contributed by atoms with van der Waals surface area (Å²) in [5.41, 5.74) is 1.59. The van der Waals surface area contributed by atoms with Crippen molar-refractivity contribution in [2.45, 2.75) is 147 Å². The van der Waals surface area contributed by atoms with E-state index in [1.165, 1.54) is 29.7 Å². The summed E-state index contributed by atoms with van der Waals surface area (Å²) in [6.45, 7) is 9.51.